The molecular weight excluding hydrogens is 508 g/mol. The zero-order valence-electron chi connectivity index (χ0n) is 24.8. The molecule has 1 saturated heterocycles. The van der Waals surface area contributed by atoms with Crippen LogP contribution in [0.25, 0.3) is 0 Å². The normalized spacial score (nSPS) is 18.9. The fraction of sp³-hybridized carbons (Fsp3) is 0.852. The number of hydrogen-bond donors (Lipinski definition) is 3. The van der Waals surface area contributed by atoms with Crippen molar-refractivity contribution in [3.63, 3.8) is 0 Å². The summed E-state index contributed by atoms with van der Waals surface area (Å²) in [5.74, 6) is -1.35. The van der Waals surface area contributed by atoms with E-state index in [1.807, 2.05) is 41.7 Å². The molecule has 1 fully saturated rings. The maximum absolute atomic E-state index is 13.7. The molecule has 1 heterocycles. The van der Waals surface area contributed by atoms with Gasteiger partial charge in [0.25, 0.3) is 0 Å². The number of carbonyl (C=O) groups excluding carboxylic acids is 4. The number of carbonyl (C=O) groups is 4. The lowest BCUT2D eigenvalue weighted by Crippen LogP contribution is -2.58. The lowest BCUT2D eigenvalue weighted by Gasteiger charge is -2.35. The van der Waals surface area contributed by atoms with Crippen molar-refractivity contribution < 1.29 is 38.1 Å². The summed E-state index contributed by atoms with van der Waals surface area (Å²) in [6.07, 6.45) is 0.507. The standard InChI is InChI=1S/C27H50N4O8/c1-8-19(2)16-29-25(34)22-15-21(39-20(3)32)17-31(22)26(35)24(27(4,5)6)30-23(33)18-38-14-13-37-12-11-36-10-9-28-7/h19,21-22,24,28H,8-18H2,1-7H3,(H,29,34)(H,30,33). The Kier molecular flexibility index (Phi) is 16.2. The van der Waals surface area contributed by atoms with Crippen LogP contribution < -0.4 is 16.0 Å². The first-order valence-corrected chi connectivity index (χ1v) is 13.8. The van der Waals surface area contributed by atoms with Gasteiger partial charge in [-0.2, -0.15) is 0 Å². The second-order valence-corrected chi connectivity index (χ2v) is 11.0. The van der Waals surface area contributed by atoms with Crippen LogP contribution in [0, 0.1) is 11.3 Å². The highest BCUT2D eigenvalue weighted by Crippen LogP contribution is 2.27. The first-order valence-electron chi connectivity index (χ1n) is 13.8. The van der Waals surface area contributed by atoms with Crippen molar-refractivity contribution in [3.05, 3.63) is 0 Å². The third-order valence-corrected chi connectivity index (χ3v) is 6.39. The molecule has 3 amide bonds. The fourth-order valence-electron chi connectivity index (χ4n) is 3.94. The van der Waals surface area contributed by atoms with Crippen molar-refractivity contribution in [2.45, 2.75) is 72.6 Å². The summed E-state index contributed by atoms with van der Waals surface area (Å²) >= 11 is 0. The topological polar surface area (TPSA) is 145 Å². The van der Waals surface area contributed by atoms with Crippen LogP contribution in [-0.4, -0.2) is 113 Å². The Morgan fingerprint density at radius 1 is 1.00 bits per heavy atom. The molecule has 0 aliphatic carbocycles. The number of hydrogen-bond acceptors (Lipinski definition) is 9. The second-order valence-electron chi connectivity index (χ2n) is 11.0. The van der Waals surface area contributed by atoms with Crippen LogP contribution >= 0.6 is 0 Å². The van der Waals surface area contributed by atoms with E-state index in [9.17, 15) is 19.2 Å². The van der Waals surface area contributed by atoms with Crippen molar-refractivity contribution in [1.29, 1.82) is 0 Å². The Morgan fingerprint density at radius 3 is 2.18 bits per heavy atom. The van der Waals surface area contributed by atoms with Gasteiger partial charge in [0.2, 0.25) is 17.7 Å². The molecule has 0 radical (unpaired) electrons. The average Bonchev–Trinajstić information content (AvgIpc) is 3.28. The van der Waals surface area contributed by atoms with Crippen LogP contribution in [0.4, 0.5) is 0 Å². The minimum Gasteiger partial charge on any atom is -0.461 e. The van der Waals surface area contributed by atoms with Gasteiger partial charge in [0.05, 0.1) is 39.6 Å². The molecule has 0 bridgehead atoms. The summed E-state index contributed by atoms with van der Waals surface area (Å²) in [6.45, 7) is 14.0. The summed E-state index contributed by atoms with van der Waals surface area (Å²) in [5, 5.41) is 8.67. The van der Waals surface area contributed by atoms with Crippen LogP contribution in [0.1, 0.15) is 54.4 Å². The van der Waals surface area contributed by atoms with Crippen LogP contribution in [-0.2, 0) is 38.1 Å². The molecule has 4 atom stereocenters. The number of nitrogens with one attached hydrogen (secondary N) is 3. The van der Waals surface area contributed by atoms with Crippen LogP contribution in [0.15, 0.2) is 0 Å². The van der Waals surface area contributed by atoms with E-state index in [0.717, 1.165) is 13.0 Å². The van der Waals surface area contributed by atoms with Gasteiger partial charge in [-0.05, 0) is 18.4 Å². The molecule has 12 heteroatoms. The number of amides is 3. The third kappa shape index (κ3) is 13.6. The van der Waals surface area contributed by atoms with Crippen molar-refractivity contribution >= 4 is 23.7 Å². The zero-order chi connectivity index (χ0) is 29.4. The van der Waals surface area contributed by atoms with E-state index in [-0.39, 0.29) is 38.0 Å². The molecule has 0 aromatic heterocycles. The maximum Gasteiger partial charge on any atom is 0.302 e. The Balaban J connectivity index is 2.71. The monoisotopic (exact) mass is 558 g/mol. The van der Waals surface area contributed by atoms with Crippen molar-refractivity contribution in [2.24, 2.45) is 11.3 Å². The van der Waals surface area contributed by atoms with Gasteiger partial charge in [0.15, 0.2) is 0 Å². The minimum absolute atomic E-state index is 0.0782. The summed E-state index contributed by atoms with van der Waals surface area (Å²) in [6, 6.07) is -1.72. The first kappa shape index (κ1) is 34.7. The molecule has 0 aromatic rings. The number of likely N-dealkylation sites (N-methyl/N-ethyl adjacent to an activating group) is 1. The highest BCUT2D eigenvalue weighted by atomic mass is 16.5. The van der Waals surface area contributed by atoms with Gasteiger partial charge in [0, 0.05) is 26.4 Å². The van der Waals surface area contributed by atoms with Crippen LogP contribution in [0.3, 0.4) is 0 Å². The SMILES string of the molecule is CCC(C)CNC(=O)C1CC(OC(C)=O)CN1C(=O)C(NC(=O)COCCOCCOCCNC)C(C)(C)C. The molecule has 4 unspecified atom stereocenters. The number of likely N-dealkylation sites (tertiary alicyclic amines) is 1. The third-order valence-electron chi connectivity index (χ3n) is 6.39. The molecule has 3 N–H and O–H groups in total. The largest absolute Gasteiger partial charge is 0.461 e. The number of esters is 1. The summed E-state index contributed by atoms with van der Waals surface area (Å²) in [5.41, 5.74) is -0.652. The molecule has 0 aromatic carbocycles. The smallest absolute Gasteiger partial charge is 0.302 e. The molecule has 39 heavy (non-hydrogen) atoms. The predicted molar refractivity (Wildman–Crippen MR) is 146 cm³/mol. The van der Waals surface area contributed by atoms with Gasteiger partial charge in [-0.15, -0.1) is 0 Å². The molecule has 226 valence electrons. The van der Waals surface area contributed by atoms with Crippen molar-refractivity contribution in [3.8, 4) is 0 Å². The van der Waals surface area contributed by atoms with Crippen molar-refractivity contribution in [1.82, 2.24) is 20.9 Å². The van der Waals surface area contributed by atoms with Gasteiger partial charge in [-0.1, -0.05) is 41.0 Å². The Labute approximate surface area is 233 Å². The summed E-state index contributed by atoms with van der Waals surface area (Å²) < 4.78 is 21.5. The highest BCUT2D eigenvalue weighted by molar-refractivity contribution is 5.93. The first-order chi connectivity index (χ1) is 18.4. The van der Waals surface area contributed by atoms with Crippen molar-refractivity contribution in [2.75, 3.05) is 66.3 Å². The number of nitrogens with zero attached hydrogens (tertiary/aromatic N) is 1. The average molecular weight is 559 g/mol. The van der Waals surface area contributed by atoms with Crippen LogP contribution in [0.5, 0.6) is 0 Å². The lowest BCUT2D eigenvalue weighted by molar-refractivity contribution is -0.147. The lowest BCUT2D eigenvalue weighted by atomic mass is 9.85. The van der Waals surface area contributed by atoms with Gasteiger partial charge >= 0.3 is 5.97 Å². The van der Waals surface area contributed by atoms with E-state index in [1.165, 1.54) is 11.8 Å². The second kappa shape index (κ2) is 18.1. The maximum atomic E-state index is 13.7. The van der Waals surface area contributed by atoms with E-state index in [2.05, 4.69) is 16.0 Å². The van der Waals surface area contributed by atoms with Gasteiger partial charge < -0.3 is 39.8 Å². The number of rotatable bonds is 18. The molecule has 12 nitrogen and oxygen atoms in total. The number of ether oxygens (including phenoxy) is 4. The summed E-state index contributed by atoms with van der Waals surface area (Å²) in [4.78, 5) is 52.4. The molecule has 1 rings (SSSR count). The van der Waals surface area contributed by atoms with E-state index >= 15 is 0 Å². The molecule has 0 spiro atoms. The Bertz CT molecular complexity index is 773. The predicted octanol–water partition coefficient (Wildman–Crippen LogP) is 0.481. The molecular formula is C27H50N4O8. The van der Waals surface area contributed by atoms with Gasteiger partial charge in [-0.3, -0.25) is 19.2 Å². The van der Waals surface area contributed by atoms with E-state index < -0.39 is 41.4 Å². The van der Waals surface area contributed by atoms with E-state index in [4.69, 9.17) is 18.9 Å². The fourth-order valence-corrected chi connectivity index (χ4v) is 3.94. The quantitative estimate of drug-likeness (QED) is 0.162. The van der Waals surface area contributed by atoms with Gasteiger partial charge in [0.1, 0.15) is 24.8 Å². The summed E-state index contributed by atoms with van der Waals surface area (Å²) in [7, 11) is 1.85. The molecule has 1 aliphatic heterocycles. The Hall–Kier alpha value is -2.28. The highest BCUT2D eigenvalue weighted by Gasteiger charge is 2.45. The molecule has 1 aliphatic rings. The zero-order valence-corrected chi connectivity index (χ0v) is 24.8. The molecule has 0 saturated carbocycles. The van der Waals surface area contributed by atoms with Crippen LogP contribution in [0.2, 0.25) is 0 Å². The van der Waals surface area contributed by atoms with E-state index in [1.54, 1.807) is 0 Å². The van der Waals surface area contributed by atoms with E-state index in [0.29, 0.717) is 33.0 Å². The Morgan fingerprint density at radius 2 is 1.62 bits per heavy atom. The minimum atomic E-state index is -0.916. The van der Waals surface area contributed by atoms with Gasteiger partial charge in [-0.25, -0.2) is 0 Å².